The number of carbonyl (C=O) groups is 3. The van der Waals surface area contributed by atoms with Gasteiger partial charge in [0, 0.05) is 49.3 Å². The van der Waals surface area contributed by atoms with Gasteiger partial charge in [0.1, 0.15) is 0 Å². The van der Waals surface area contributed by atoms with Gasteiger partial charge in [0.2, 0.25) is 11.8 Å². The first-order chi connectivity index (χ1) is 14.6. The third kappa shape index (κ3) is 7.19. The average molecular weight is 434 g/mol. The fraction of sp³-hybridized carbons (Fsp3) is 0.619. The van der Waals surface area contributed by atoms with E-state index in [9.17, 15) is 14.4 Å². The molecule has 3 rings (SSSR count). The first kappa shape index (κ1) is 22.4. The number of urea groups is 1. The molecule has 0 bridgehead atoms. The van der Waals surface area contributed by atoms with Crippen molar-refractivity contribution in [3.8, 4) is 0 Å². The lowest BCUT2D eigenvalue weighted by atomic mass is 10.0. The molecule has 2 aliphatic rings. The minimum absolute atomic E-state index is 0.0267. The molecule has 0 saturated carbocycles. The summed E-state index contributed by atoms with van der Waals surface area (Å²) in [5.74, 6) is 1.07. The molecule has 3 heterocycles. The molecule has 4 N–H and O–H groups in total. The zero-order valence-electron chi connectivity index (χ0n) is 17.2. The number of fused-ring (bicyclic) bond motifs is 1. The molecule has 2 aliphatic heterocycles. The maximum atomic E-state index is 12.0. The number of amides is 4. The Morgan fingerprint density at radius 3 is 2.57 bits per heavy atom. The highest BCUT2D eigenvalue weighted by molar-refractivity contribution is 8.00. The van der Waals surface area contributed by atoms with E-state index in [0.29, 0.717) is 31.2 Å². The van der Waals surface area contributed by atoms with E-state index in [2.05, 4.69) is 26.3 Å². The van der Waals surface area contributed by atoms with Crippen molar-refractivity contribution in [3.05, 3.63) is 30.1 Å². The molecule has 0 aliphatic carbocycles. The second-order valence-electron chi connectivity index (χ2n) is 7.81. The Kier molecular flexibility index (Phi) is 8.80. The Labute approximate surface area is 181 Å². The van der Waals surface area contributed by atoms with E-state index >= 15 is 0 Å². The van der Waals surface area contributed by atoms with Crippen LogP contribution in [0.1, 0.15) is 50.5 Å². The maximum absolute atomic E-state index is 12.0. The van der Waals surface area contributed by atoms with Gasteiger partial charge in [-0.1, -0.05) is 6.42 Å². The predicted molar refractivity (Wildman–Crippen MR) is 117 cm³/mol. The van der Waals surface area contributed by atoms with Crippen LogP contribution in [-0.4, -0.2) is 52.5 Å². The van der Waals surface area contributed by atoms with Gasteiger partial charge >= 0.3 is 6.03 Å². The van der Waals surface area contributed by atoms with Crippen molar-refractivity contribution in [2.45, 2.75) is 68.8 Å². The van der Waals surface area contributed by atoms with Crippen molar-refractivity contribution >= 4 is 29.6 Å². The lowest BCUT2D eigenvalue weighted by Gasteiger charge is -2.16. The quantitative estimate of drug-likeness (QED) is 0.296. The first-order valence-electron chi connectivity index (χ1n) is 10.7. The van der Waals surface area contributed by atoms with Crippen molar-refractivity contribution in [1.29, 1.82) is 0 Å². The van der Waals surface area contributed by atoms with Gasteiger partial charge in [-0.05, 0) is 43.4 Å². The molecule has 4 amide bonds. The van der Waals surface area contributed by atoms with Crippen molar-refractivity contribution < 1.29 is 14.4 Å². The number of nitrogens with one attached hydrogen (secondary N) is 4. The smallest absolute Gasteiger partial charge is 0.315 e. The SMILES string of the molecule is O=C(CCCC[C@@H]1SC[C@@H]2NC(=O)N[C@@H]21)NCCCCC(=O)NCc1ccncc1. The minimum Gasteiger partial charge on any atom is -0.356 e. The van der Waals surface area contributed by atoms with E-state index in [1.54, 1.807) is 12.4 Å². The number of thioether (sulfide) groups is 1. The summed E-state index contributed by atoms with van der Waals surface area (Å²) < 4.78 is 0. The summed E-state index contributed by atoms with van der Waals surface area (Å²) in [6.45, 7) is 1.12. The molecule has 30 heavy (non-hydrogen) atoms. The lowest BCUT2D eigenvalue weighted by Crippen LogP contribution is -2.36. The molecule has 2 fully saturated rings. The van der Waals surface area contributed by atoms with Crippen LogP contribution in [0.5, 0.6) is 0 Å². The van der Waals surface area contributed by atoms with Crippen molar-refractivity contribution in [2.75, 3.05) is 12.3 Å². The third-order valence-electron chi connectivity index (χ3n) is 5.47. The molecule has 1 aromatic rings. The van der Waals surface area contributed by atoms with Crippen LogP contribution in [0.3, 0.4) is 0 Å². The Hall–Kier alpha value is -2.29. The van der Waals surface area contributed by atoms with E-state index < -0.39 is 0 Å². The Morgan fingerprint density at radius 1 is 1.03 bits per heavy atom. The summed E-state index contributed by atoms with van der Waals surface area (Å²) >= 11 is 1.91. The minimum atomic E-state index is -0.0547. The van der Waals surface area contributed by atoms with Crippen LogP contribution in [0.25, 0.3) is 0 Å². The summed E-state index contributed by atoms with van der Waals surface area (Å²) in [4.78, 5) is 39.1. The fourth-order valence-electron chi connectivity index (χ4n) is 3.79. The number of hydrogen-bond acceptors (Lipinski definition) is 5. The van der Waals surface area contributed by atoms with Gasteiger partial charge in [0.25, 0.3) is 0 Å². The molecule has 0 radical (unpaired) electrons. The molecule has 0 spiro atoms. The number of pyridine rings is 1. The fourth-order valence-corrected chi connectivity index (χ4v) is 5.33. The molecule has 3 atom stereocenters. The second-order valence-corrected chi connectivity index (χ2v) is 9.08. The van der Waals surface area contributed by atoms with Crippen LogP contribution in [0.2, 0.25) is 0 Å². The van der Waals surface area contributed by atoms with Crippen molar-refractivity contribution in [1.82, 2.24) is 26.3 Å². The van der Waals surface area contributed by atoms with E-state index in [0.717, 1.165) is 43.4 Å². The van der Waals surface area contributed by atoms with Crippen LogP contribution in [0.15, 0.2) is 24.5 Å². The van der Waals surface area contributed by atoms with Gasteiger partial charge in [-0.15, -0.1) is 0 Å². The molecule has 0 aromatic carbocycles. The largest absolute Gasteiger partial charge is 0.356 e. The van der Waals surface area contributed by atoms with Crippen LogP contribution < -0.4 is 21.3 Å². The average Bonchev–Trinajstić information content (AvgIpc) is 3.29. The van der Waals surface area contributed by atoms with Gasteiger partial charge < -0.3 is 21.3 Å². The van der Waals surface area contributed by atoms with Crippen LogP contribution in [0, 0.1) is 0 Å². The van der Waals surface area contributed by atoms with Gasteiger partial charge in [0.05, 0.1) is 12.1 Å². The summed E-state index contributed by atoms with van der Waals surface area (Å²) in [7, 11) is 0. The highest BCUT2D eigenvalue weighted by Crippen LogP contribution is 2.33. The Balaban J connectivity index is 1.15. The van der Waals surface area contributed by atoms with E-state index in [1.165, 1.54) is 0 Å². The Morgan fingerprint density at radius 2 is 1.77 bits per heavy atom. The molecule has 8 nitrogen and oxygen atoms in total. The second kappa shape index (κ2) is 11.8. The van der Waals surface area contributed by atoms with E-state index in [4.69, 9.17) is 0 Å². The summed E-state index contributed by atoms with van der Waals surface area (Å²) in [6.07, 6.45) is 8.83. The van der Waals surface area contributed by atoms with Gasteiger partial charge in [-0.25, -0.2) is 4.79 Å². The van der Waals surface area contributed by atoms with E-state index in [-0.39, 0.29) is 29.9 Å². The zero-order valence-corrected chi connectivity index (χ0v) is 18.0. The number of carbonyl (C=O) groups excluding carboxylic acids is 3. The molecule has 164 valence electrons. The van der Waals surface area contributed by atoms with Crippen LogP contribution in [0.4, 0.5) is 4.79 Å². The van der Waals surface area contributed by atoms with Crippen LogP contribution in [-0.2, 0) is 16.1 Å². The van der Waals surface area contributed by atoms with Crippen LogP contribution >= 0.6 is 11.8 Å². The van der Waals surface area contributed by atoms with Gasteiger partial charge in [-0.3, -0.25) is 14.6 Å². The molecule has 9 heteroatoms. The molecular weight excluding hydrogens is 402 g/mol. The first-order valence-corrected chi connectivity index (χ1v) is 11.8. The maximum Gasteiger partial charge on any atom is 0.315 e. The van der Waals surface area contributed by atoms with Gasteiger partial charge in [0.15, 0.2) is 0 Å². The number of nitrogens with zero attached hydrogens (tertiary/aromatic N) is 1. The van der Waals surface area contributed by atoms with Gasteiger partial charge in [-0.2, -0.15) is 11.8 Å². The predicted octanol–water partition coefficient (Wildman–Crippen LogP) is 1.71. The molecular formula is C21H31N5O3S. The monoisotopic (exact) mass is 433 g/mol. The van der Waals surface area contributed by atoms with Crippen molar-refractivity contribution in [2.24, 2.45) is 0 Å². The topological polar surface area (TPSA) is 112 Å². The molecule has 1 aromatic heterocycles. The summed E-state index contributed by atoms with van der Waals surface area (Å²) in [5.41, 5.74) is 1.03. The Bertz CT molecular complexity index is 718. The number of unbranched alkanes of at least 4 members (excludes halogenated alkanes) is 2. The van der Waals surface area contributed by atoms with Crippen molar-refractivity contribution in [3.63, 3.8) is 0 Å². The summed E-state index contributed by atoms with van der Waals surface area (Å²) in [5, 5.41) is 12.2. The zero-order chi connectivity index (χ0) is 21.2. The normalized spacial score (nSPS) is 22.1. The summed E-state index contributed by atoms with van der Waals surface area (Å²) in [6, 6.07) is 4.19. The highest BCUT2D eigenvalue weighted by atomic mass is 32.2. The lowest BCUT2D eigenvalue weighted by molar-refractivity contribution is -0.121. The number of aromatic nitrogens is 1. The highest BCUT2D eigenvalue weighted by Gasteiger charge is 2.42. The number of rotatable bonds is 12. The molecule has 0 unspecified atom stereocenters. The number of hydrogen-bond donors (Lipinski definition) is 4. The standard InChI is InChI=1S/C21H31N5O3S/c27-18(6-2-1-5-17-20-16(14-30-17)25-21(29)26-20)23-10-4-3-7-19(28)24-13-15-8-11-22-12-9-15/h8-9,11-12,16-17,20H,1-7,10,13-14H2,(H,23,27)(H,24,28)(H2,25,26,29)/t16-,17-,20-/m0/s1. The third-order valence-corrected chi connectivity index (χ3v) is 6.98. The molecule has 2 saturated heterocycles. The van der Waals surface area contributed by atoms with E-state index in [1.807, 2.05) is 23.9 Å².